The van der Waals surface area contributed by atoms with Crippen molar-refractivity contribution in [1.82, 2.24) is 19.9 Å². The van der Waals surface area contributed by atoms with Crippen LogP contribution in [-0.2, 0) is 11.4 Å². The number of aliphatic carboxylic acids is 1. The minimum absolute atomic E-state index is 0.479. The second-order valence-corrected chi connectivity index (χ2v) is 8.04. The van der Waals surface area contributed by atoms with Crippen LogP contribution in [0.1, 0.15) is 17.2 Å². The molecule has 1 saturated heterocycles. The summed E-state index contributed by atoms with van der Waals surface area (Å²) >= 11 is 0. The van der Waals surface area contributed by atoms with Crippen LogP contribution in [0.4, 0.5) is 5.95 Å². The third-order valence-corrected chi connectivity index (χ3v) is 5.98. The lowest BCUT2D eigenvalue weighted by atomic mass is 10.0. The van der Waals surface area contributed by atoms with Crippen LogP contribution in [0, 0.1) is 0 Å². The minimum Gasteiger partial charge on any atom is -0.489 e. The number of hydrogen-bond donors (Lipinski definition) is 2. The van der Waals surface area contributed by atoms with Gasteiger partial charge in [-0.15, -0.1) is 0 Å². The molecular weight excluding hydrogens is 418 g/mol. The van der Waals surface area contributed by atoms with Crippen LogP contribution in [-0.4, -0.2) is 57.1 Å². The standard InChI is InChI=1S/C25H25N5O3/c31-24(32)23(29-11-13-30(14-12-29)25-26-9-4-10-27-25)21-16-28-22-15-19(7-8-20(21)22)33-17-18-5-2-1-3-6-18/h1-10,15-16,23,28H,11-14,17H2,(H,31,32)/t23-/m1/s1. The second kappa shape index (κ2) is 9.30. The molecule has 0 amide bonds. The van der Waals surface area contributed by atoms with E-state index in [2.05, 4.69) is 19.9 Å². The molecule has 8 nitrogen and oxygen atoms in total. The molecule has 4 aromatic rings. The highest BCUT2D eigenvalue weighted by Crippen LogP contribution is 2.32. The van der Waals surface area contributed by atoms with Crippen molar-refractivity contribution in [2.24, 2.45) is 0 Å². The fraction of sp³-hybridized carbons (Fsp3) is 0.240. The Labute approximate surface area is 191 Å². The van der Waals surface area contributed by atoms with Crippen LogP contribution >= 0.6 is 0 Å². The molecule has 168 valence electrons. The van der Waals surface area contributed by atoms with Gasteiger partial charge in [0, 0.05) is 67.3 Å². The van der Waals surface area contributed by atoms with Gasteiger partial charge in [0.15, 0.2) is 0 Å². The van der Waals surface area contributed by atoms with Crippen molar-refractivity contribution in [1.29, 1.82) is 0 Å². The maximum absolute atomic E-state index is 12.3. The molecule has 0 spiro atoms. The largest absolute Gasteiger partial charge is 0.489 e. The molecule has 0 saturated carbocycles. The lowest BCUT2D eigenvalue weighted by Crippen LogP contribution is -2.49. The quantitative estimate of drug-likeness (QED) is 0.452. The highest BCUT2D eigenvalue weighted by Gasteiger charge is 2.32. The molecule has 3 heterocycles. The van der Waals surface area contributed by atoms with Crippen molar-refractivity contribution in [3.05, 3.63) is 84.3 Å². The van der Waals surface area contributed by atoms with Crippen molar-refractivity contribution < 1.29 is 14.6 Å². The SMILES string of the molecule is O=C(O)[C@@H](c1c[nH]c2cc(OCc3ccccc3)ccc12)N1CCN(c2ncccn2)CC1. The first-order valence-corrected chi connectivity index (χ1v) is 11.0. The number of carboxylic acids is 1. The summed E-state index contributed by atoms with van der Waals surface area (Å²) in [7, 11) is 0. The van der Waals surface area contributed by atoms with Crippen LogP contribution < -0.4 is 9.64 Å². The number of aromatic nitrogens is 3. The van der Waals surface area contributed by atoms with Gasteiger partial charge in [-0.1, -0.05) is 30.3 Å². The molecule has 2 aromatic heterocycles. The molecule has 0 unspecified atom stereocenters. The Morgan fingerprint density at radius 3 is 2.52 bits per heavy atom. The maximum Gasteiger partial charge on any atom is 0.325 e. The number of piperazine rings is 1. The molecule has 1 aliphatic heterocycles. The van der Waals surface area contributed by atoms with Gasteiger partial charge >= 0.3 is 5.97 Å². The van der Waals surface area contributed by atoms with Crippen LogP contribution in [0.5, 0.6) is 5.75 Å². The summed E-state index contributed by atoms with van der Waals surface area (Å²) in [6, 6.07) is 16.8. The van der Waals surface area contributed by atoms with Gasteiger partial charge in [0.25, 0.3) is 0 Å². The molecule has 8 heteroatoms. The van der Waals surface area contributed by atoms with E-state index >= 15 is 0 Å². The summed E-state index contributed by atoms with van der Waals surface area (Å²) in [5, 5.41) is 11.0. The number of carbonyl (C=O) groups is 1. The fourth-order valence-electron chi connectivity index (χ4n) is 4.31. The van der Waals surface area contributed by atoms with Crippen LogP contribution in [0.25, 0.3) is 10.9 Å². The number of aromatic amines is 1. The zero-order valence-electron chi connectivity index (χ0n) is 18.1. The molecule has 1 aliphatic rings. The van der Waals surface area contributed by atoms with Gasteiger partial charge in [-0.2, -0.15) is 0 Å². The van der Waals surface area contributed by atoms with E-state index in [1.807, 2.05) is 53.4 Å². The molecule has 2 N–H and O–H groups in total. The summed E-state index contributed by atoms with van der Waals surface area (Å²) in [5.41, 5.74) is 2.71. The number of anilines is 1. The van der Waals surface area contributed by atoms with E-state index in [0.29, 0.717) is 38.7 Å². The average molecular weight is 444 g/mol. The van der Waals surface area contributed by atoms with Crippen molar-refractivity contribution in [2.75, 3.05) is 31.1 Å². The molecule has 2 aromatic carbocycles. The smallest absolute Gasteiger partial charge is 0.325 e. The lowest BCUT2D eigenvalue weighted by Gasteiger charge is -2.37. The third kappa shape index (κ3) is 4.51. The molecule has 1 atom stereocenters. The number of H-pyrrole nitrogens is 1. The Kier molecular flexibility index (Phi) is 5.91. The zero-order valence-corrected chi connectivity index (χ0v) is 18.1. The summed E-state index contributed by atoms with van der Waals surface area (Å²) in [4.78, 5) is 28.2. The van der Waals surface area contributed by atoms with Crippen molar-refractivity contribution in [2.45, 2.75) is 12.6 Å². The summed E-state index contributed by atoms with van der Waals surface area (Å²) in [6.07, 6.45) is 5.24. The molecule has 0 bridgehead atoms. The van der Waals surface area contributed by atoms with Gasteiger partial charge < -0.3 is 19.7 Å². The predicted octanol–water partition coefficient (Wildman–Crippen LogP) is 3.48. The van der Waals surface area contributed by atoms with Gasteiger partial charge in [0.2, 0.25) is 5.95 Å². The molecule has 33 heavy (non-hydrogen) atoms. The fourth-order valence-corrected chi connectivity index (χ4v) is 4.31. The van der Waals surface area contributed by atoms with Crippen molar-refractivity contribution >= 4 is 22.8 Å². The number of nitrogens with one attached hydrogen (secondary N) is 1. The van der Waals surface area contributed by atoms with Gasteiger partial charge in [-0.05, 0) is 23.8 Å². The normalized spacial score (nSPS) is 15.5. The van der Waals surface area contributed by atoms with Gasteiger partial charge in [0.1, 0.15) is 18.4 Å². The Morgan fingerprint density at radius 1 is 1.03 bits per heavy atom. The molecule has 0 aliphatic carbocycles. The Morgan fingerprint density at radius 2 is 1.79 bits per heavy atom. The third-order valence-electron chi connectivity index (χ3n) is 5.98. The van der Waals surface area contributed by atoms with Crippen LogP contribution in [0.3, 0.4) is 0 Å². The molecule has 0 radical (unpaired) electrons. The number of fused-ring (bicyclic) bond motifs is 1. The van der Waals surface area contributed by atoms with E-state index in [-0.39, 0.29) is 0 Å². The van der Waals surface area contributed by atoms with Crippen molar-refractivity contribution in [3.8, 4) is 5.75 Å². The Hall–Kier alpha value is -3.91. The number of carboxylic acid groups (broad SMARTS) is 1. The Bertz CT molecular complexity index is 1220. The first kappa shape index (κ1) is 21.0. The highest BCUT2D eigenvalue weighted by atomic mass is 16.5. The molecule has 5 rings (SSSR count). The monoisotopic (exact) mass is 443 g/mol. The first-order valence-electron chi connectivity index (χ1n) is 11.0. The van der Waals surface area contributed by atoms with Gasteiger partial charge in [-0.3, -0.25) is 9.69 Å². The highest BCUT2D eigenvalue weighted by molar-refractivity contribution is 5.90. The van der Waals surface area contributed by atoms with E-state index in [4.69, 9.17) is 4.74 Å². The molecule has 1 fully saturated rings. The average Bonchev–Trinajstić information content (AvgIpc) is 3.27. The van der Waals surface area contributed by atoms with Crippen LogP contribution in [0.2, 0.25) is 0 Å². The number of rotatable bonds is 7. The maximum atomic E-state index is 12.3. The zero-order chi connectivity index (χ0) is 22.6. The van der Waals surface area contributed by atoms with E-state index in [1.54, 1.807) is 24.7 Å². The predicted molar refractivity (Wildman–Crippen MR) is 125 cm³/mol. The van der Waals surface area contributed by atoms with Gasteiger partial charge in [0.05, 0.1) is 0 Å². The summed E-state index contributed by atoms with van der Waals surface area (Å²) in [6.45, 7) is 3.05. The second-order valence-electron chi connectivity index (χ2n) is 8.04. The van der Waals surface area contributed by atoms with Crippen LogP contribution in [0.15, 0.2) is 73.2 Å². The number of hydrogen-bond acceptors (Lipinski definition) is 6. The number of ether oxygens (including phenoxy) is 1. The summed E-state index contributed by atoms with van der Waals surface area (Å²) in [5.74, 6) is 0.562. The first-order chi connectivity index (χ1) is 16.2. The Balaban J connectivity index is 1.31. The summed E-state index contributed by atoms with van der Waals surface area (Å²) < 4.78 is 5.92. The number of benzene rings is 2. The lowest BCUT2D eigenvalue weighted by molar-refractivity contribution is -0.143. The van der Waals surface area contributed by atoms with E-state index in [9.17, 15) is 9.90 Å². The number of nitrogens with zero attached hydrogens (tertiary/aromatic N) is 4. The minimum atomic E-state index is -0.857. The van der Waals surface area contributed by atoms with Gasteiger partial charge in [-0.25, -0.2) is 9.97 Å². The topological polar surface area (TPSA) is 94.6 Å². The van der Waals surface area contributed by atoms with Crippen molar-refractivity contribution in [3.63, 3.8) is 0 Å². The molecular formula is C25H25N5O3. The van der Waals surface area contributed by atoms with E-state index in [1.165, 1.54) is 0 Å². The van der Waals surface area contributed by atoms with E-state index in [0.717, 1.165) is 27.8 Å². The van der Waals surface area contributed by atoms with E-state index < -0.39 is 12.0 Å².